The van der Waals surface area contributed by atoms with E-state index in [1.54, 1.807) is 0 Å². The minimum absolute atomic E-state index is 0.0983. The van der Waals surface area contributed by atoms with Crippen LogP contribution in [0, 0.1) is 0 Å². The van der Waals surface area contributed by atoms with E-state index in [2.05, 4.69) is 99.8 Å². The lowest BCUT2D eigenvalue weighted by molar-refractivity contribution is -0.167. The molecule has 0 aliphatic carbocycles. The van der Waals surface area contributed by atoms with Gasteiger partial charge in [-0.2, -0.15) is 0 Å². The summed E-state index contributed by atoms with van der Waals surface area (Å²) in [7, 11) is 0. The topological polar surface area (TPSA) is 78.9 Å². The van der Waals surface area contributed by atoms with E-state index in [9.17, 15) is 14.4 Å². The van der Waals surface area contributed by atoms with E-state index in [0.717, 1.165) is 109 Å². The van der Waals surface area contributed by atoms with E-state index >= 15 is 0 Å². The Balaban J connectivity index is 4.47. The van der Waals surface area contributed by atoms with Crippen LogP contribution < -0.4 is 0 Å². The minimum Gasteiger partial charge on any atom is -0.462 e. The molecule has 0 amide bonds. The Labute approximate surface area is 419 Å². The van der Waals surface area contributed by atoms with Crippen LogP contribution in [-0.4, -0.2) is 37.2 Å². The van der Waals surface area contributed by atoms with E-state index in [4.69, 9.17) is 14.2 Å². The number of rotatable bonds is 50. The average Bonchev–Trinajstić information content (AvgIpc) is 3.34. The molecule has 0 saturated carbocycles. The third kappa shape index (κ3) is 53.3. The molecule has 0 aromatic heterocycles. The Bertz CT molecular complexity index is 1360. The second kappa shape index (κ2) is 55.9. The highest BCUT2D eigenvalue weighted by Gasteiger charge is 2.19. The largest absolute Gasteiger partial charge is 0.462 e. The van der Waals surface area contributed by atoms with Gasteiger partial charge in [-0.25, -0.2) is 0 Å². The van der Waals surface area contributed by atoms with Gasteiger partial charge in [0, 0.05) is 19.3 Å². The average molecular weight is 946 g/mol. The molecular weight excluding hydrogens is 841 g/mol. The molecule has 0 aliphatic rings. The predicted molar refractivity (Wildman–Crippen MR) is 293 cm³/mol. The molecule has 0 rings (SSSR count). The van der Waals surface area contributed by atoms with Crippen LogP contribution in [0.5, 0.6) is 0 Å². The Morgan fingerprint density at radius 2 is 0.588 bits per heavy atom. The van der Waals surface area contributed by atoms with Crippen LogP contribution in [0.1, 0.15) is 258 Å². The minimum atomic E-state index is -0.800. The first kappa shape index (κ1) is 64.3. The summed E-state index contributed by atoms with van der Waals surface area (Å²) in [6.45, 7) is 6.45. The number of hydrogen-bond donors (Lipinski definition) is 0. The molecule has 6 nitrogen and oxygen atoms in total. The van der Waals surface area contributed by atoms with E-state index in [-0.39, 0.29) is 31.1 Å². The van der Waals surface area contributed by atoms with Crippen molar-refractivity contribution in [3.8, 4) is 0 Å². The van der Waals surface area contributed by atoms with Gasteiger partial charge in [-0.05, 0) is 89.9 Å². The van der Waals surface area contributed by atoms with Crippen molar-refractivity contribution in [1.29, 1.82) is 0 Å². The van der Waals surface area contributed by atoms with Crippen molar-refractivity contribution in [2.24, 2.45) is 0 Å². The van der Waals surface area contributed by atoms with E-state index in [1.165, 1.54) is 109 Å². The maximum absolute atomic E-state index is 12.9. The lowest BCUT2D eigenvalue weighted by Crippen LogP contribution is -2.30. The van der Waals surface area contributed by atoms with Gasteiger partial charge in [-0.1, -0.05) is 246 Å². The van der Waals surface area contributed by atoms with Gasteiger partial charge >= 0.3 is 17.9 Å². The predicted octanol–water partition coefficient (Wildman–Crippen LogP) is 18.9. The smallest absolute Gasteiger partial charge is 0.306 e. The molecule has 0 bridgehead atoms. The highest BCUT2D eigenvalue weighted by Crippen LogP contribution is 2.14. The highest BCUT2D eigenvalue weighted by atomic mass is 16.6. The number of ether oxygens (including phenoxy) is 3. The first-order valence-corrected chi connectivity index (χ1v) is 28.3. The molecule has 0 heterocycles. The summed E-state index contributed by atoms with van der Waals surface area (Å²) in [5.74, 6) is -0.941. The Morgan fingerprint density at radius 3 is 0.941 bits per heavy atom. The number of carbonyl (C=O) groups is 3. The van der Waals surface area contributed by atoms with Crippen molar-refractivity contribution in [3.63, 3.8) is 0 Å². The van der Waals surface area contributed by atoms with Gasteiger partial charge in [-0.15, -0.1) is 0 Å². The second-order valence-corrected chi connectivity index (χ2v) is 18.6. The van der Waals surface area contributed by atoms with Crippen LogP contribution in [0.15, 0.2) is 97.2 Å². The summed E-state index contributed by atoms with van der Waals surface area (Å²) in [6, 6.07) is 0. The summed E-state index contributed by atoms with van der Waals surface area (Å²) in [5.41, 5.74) is 0. The standard InChI is InChI=1S/C62H104O6/c1-4-7-10-13-16-19-22-25-28-30-32-34-37-40-43-46-49-52-55-61(64)67-58-59(57-66-60(63)54-51-48-45-42-39-36-33-27-24-21-18-15-12-9-6-3)68-62(65)56-53-50-47-44-41-38-35-31-29-26-23-20-17-14-11-8-5-2/h9,12,15,18,21-22,24-30,32-34,59H,4-8,10-11,13-14,16-17,19-20,23,31,35-58H2,1-3H3/b12-9-,18-15-,24-21-,25-22-,29-26-,30-28-,33-27-,34-32-. The molecule has 0 radical (unpaired) electrons. The molecule has 1 unspecified atom stereocenters. The zero-order valence-electron chi connectivity index (χ0n) is 44.3. The Kier molecular flexibility index (Phi) is 52.9. The molecule has 0 aromatic rings. The first-order valence-electron chi connectivity index (χ1n) is 28.3. The van der Waals surface area contributed by atoms with E-state index in [1.807, 2.05) is 18.2 Å². The van der Waals surface area contributed by atoms with Crippen LogP contribution in [0.2, 0.25) is 0 Å². The highest BCUT2D eigenvalue weighted by molar-refractivity contribution is 5.71. The molecule has 0 aromatic carbocycles. The third-order valence-electron chi connectivity index (χ3n) is 11.9. The molecule has 6 heteroatoms. The fourth-order valence-corrected chi connectivity index (χ4v) is 7.68. The number of allylic oxidation sites excluding steroid dienone is 16. The van der Waals surface area contributed by atoms with E-state index in [0.29, 0.717) is 19.3 Å². The third-order valence-corrected chi connectivity index (χ3v) is 11.9. The van der Waals surface area contributed by atoms with Crippen molar-refractivity contribution in [2.45, 2.75) is 264 Å². The summed E-state index contributed by atoms with van der Waals surface area (Å²) in [5, 5.41) is 0. The molecule has 0 saturated heterocycles. The number of esters is 3. The molecule has 0 spiro atoms. The Morgan fingerprint density at radius 1 is 0.309 bits per heavy atom. The zero-order valence-corrected chi connectivity index (χ0v) is 44.3. The van der Waals surface area contributed by atoms with Crippen molar-refractivity contribution in [3.05, 3.63) is 97.2 Å². The molecule has 1 atom stereocenters. The summed E-state index contributed by atoms with van der Waals surface area (Å²) >= 11 is 0. The molecule has 0 fully saturated rings. The zero-order chi connectivity index (χ0) is 49.3. The fraction of sp³-hybridized carbons (Fsp3) is 0.694. The van der Waals surface area contributed by atoms with Gasteiger partial charge in [-0.3, -0.25) is 14.4 Å². The van der Waals surface area contributed by atoms with Crippen LogP contribution in [-0.2, 0) is 28.6 Å². The Hall–Kier alpha value is -3.67. The first-order chi connectivity index (χ1) is 33.5. The lowest BCUT2D eigenvalue weighted by Gasteiger charge is -2.18. The normalized spacial score (nSPS) is 12.8. The summed E-state index contributed by atoms with van der Waals surface area (Å²) in [4.78, 5) is 38.1. The summed E-state index contributed by atoms with van der Waals surface area (Å²) in [6.07, 6.45) is 73.9. The van der Waals surface area contributed by atoms with Crippen molar-refractivity contribution < 1.29 is 28.6 Å². The van der Waals surface area contributed by atoms with Gasteiger partial charge in [0.1, 0.15) is 13.2 Å². The second-order valence-electron chi connectivity index (χ2n) is 18.6. The van der Waals surface area contributed by atoms with Gasteiger partial charge in [0.15, 0.2) is 6.10 Å². The SMILES string of the molecule is CC\C=C/C=C\C=C/C=C\CCCCCCCC(=O)OCC(COC(=O)CCCCCCC\C=C/C=C\C=C/CCCCCCC)OC(=O)CCCCCCCCC/C=C\CCCCCCCC. The van der Waals surface area contributed by atoms with Crippen LogP contribution >= 0.6 is 0 Å². The fourth-order valence-electron chi connectivity index (χ4n) is 7.68. The van der Waals surface area contributed by atoms with Crippen LogP contribution in [0.3, 0.4) is 0 Å². The van der Waals surface area contributed by atoms with E-state index < -0.39 is 6.10 Å². The maximum atomic E-state index is 12.9. The molecular formula is C62H104O6. The summed E-state index contributed by atoms with van der Waals surface area (Å²) < 4.78 is 16.8. The number of hydrogen-bond acceptors (Lipinski definition) is 6. The van der Waals surface area contributed by atoms with Gasteiger partial charge in [0.05, 0.1) is 0 Å². The van der Waals surface area contributed by atoms with Gasteiger partial charge in [0.2, 0.25) is 0 Å². The molecule has 388 valence electrons. The van der Waals surface area contributed by atoms with Crippen molar-refractivity contribution >= 4 is 17.9 Å². The van der Waals surface area contributed by atoms with Gasteiger partial charge in [0.25, 0.3) is 0 Å². The monoisotopic (exact) mass is 945 g/mol. The quantitative estimate of drug-likeness (QED) is 0.0199. The van der Waals surface area contributed by atoms with Crippen LogP contribution in [0.25, 0.3) is 0 Å². The lowest BCUT2D eigenvalue weighted by atomic mass is 10.1. The molecule has 0 N–H and O–H groups in total. The number of carbonyl (C=O) groups excluding carboxylic acids is 3. The van der Waals surface area contributed by atoms with Crippen LogP contribution in [0.4, 0.5) is 0 Å². The van der Waals surface area contributed by atoms with Crippen molar-refractivity contribution in [2.75, 3.05) is 13.2 Å². The number of unbranched alkanes of at least 4 members (excludes halogenated alkanes) is 28. The molecule has 0 aliphatic heterocycles. The molecule has 68 heavy (non-hydrogen) atoms. The van der Waals surface area contributed by atoms with Crippen molar-refractivity contribution in [1.82, 2.24) is 0 Å². The maximum Gasteiger partial charge on any atom is 0.306 e. The van der Waals surface area contributed by atoms with Gasteiger partial charge < -0.3 is 14.2 Å².